The summed E-state index contributed by atoms with van der Waals surface area (Å²) in [6.45, 7) is 0. The molecule has 0 aliphatic heterocycles. The normalized spacial score (nSPS) is 10.9. The van der Waals surface area contributed by atoms with Gasteiger partial charge in [-0.1, -0.05) is 0 Å². The van der Waals surface area contributed by atoms with E-state index in [0.717, 1.165) is 0 Å². The Kier molecular flexibility index (Phi) is 3.97. The molecule has 0 aromatic carbocycles. The smallest absolute Gasteiger partial charge is 0.212 e. The average Bonchev–Trinajstić information content (AvgIpc) is 1.83. The standard InChI is InChI=1S/C3H6ClN3O/c4-1-3(7-5)6-2-8/h2H,1,5H2,(H,6,7,8). The Labute approximate surface area is 51.7 Å². The lowest BCUT2D eigenvalue weighted by Crippen LogP contribution is -2.24. The molecule has 0 heterocycles. The molecule has 0 aromatic rings. The maximum absolute atomic E-state index is 9.63. The fourth-order valence-electron chi connectivity index (χ4n) is 0.178. The molecule has 0 aromatic heterocycles. The molecule has 3 N–H and O–H groups in total. The average molecular weight is 136 g/mol. The first-order chi connectivity index (χ1) is 3.85. The minimum absolute atomic E-state index is 0.120. The van der Waals surface area contributed by atoms with Crippen molar-refractivity contribution in [2.45, 2.75) is 0 Å². The van der Waals surface area contributed by atoms with E-state index in [2.05, 4.69) is 10.4 Å². The lowest BCUT2D eigenvalue weighted by atomic mass is 10.7. The molecule has 0 fully saturated rings. The van der Waals surface area contributed by atoms with Crippen LogP contribution in [0.15, 0.2) is 5.10 Å². The van der Waals surface area contributed by atoms with Crippen molar-refractivity contribution in [1.29, 1.82) is 0 Å². The third-order valence-corrected chi connectivity index (χ3v) is 0.761. The second kappa shape index (κ2) is 4.39. The Bertz CT molecular complexity index is 103. The van der Waals surface area contributed by atoms with E-state index in [-0.39, 0.29) is 11.7 Å². The molecule has 46 valence electrons. The number of hydrogen-bond donors (Lipinski definition) is 2. The van der Waals surface area contributed by atoms with Crippen molar-refractivity contribution >= 4 is 23.8 Å². The van der Waals surface area contributed by atoms with E-state index in [0.29, 0.717) is 6.41 Å². The fourth-order valence-corrected chi connectivity index (χ4v) is 0.325. The monoisotopic (exact) mass is 135 g/mol. The third kappa shape index (κ3) is 2.41. The Morgan fingerprint density at radius 1 is 2.00 bits per heavy atom. The van der Waals surface area contributed by atoms with E-state index in [1.54, 1.807) is 0 Å². The quantitative estimate of drug-likeness (QED) is 0.131. The highest BCUT2D eigenvalue weighted by Crippen LogP contribution is 1.73. The molecule has 4 nitrogen and oxygen atoms in total. The lowest BCUT2D eigenvalue weighted by molar-refractivity contribution is -0.108. The Morgan fingerprint density at radius 2 is 2.62 bits per heavy atom. The summed E-state index contributed by atoms with van der Waals surface area (Å²) in [5.74, 6) is 5.14. The first kappa shape index (κ1) is 7.23. The Hall–Kier alpha value is -0.770. The van der Waals surface area contributed by atoms with Gasteiger partial charge >= 0.3 is 0 Å². The zero-order valence-corrected chi connectivity index (χ0v) is 4.85. The summed E-state index contributed by atoms with van der Waals surface area (Å²) in [7, 11) is 0. The second-order valence-electron chi connectivity index (χ2n) is 0.972. The second-order valence-corrected chi connectivity index (χ2v) is 1.24. The van der Waals surface area contributed by atoms with Crippen LogP contribution in [-0.2, 0) is 4.79 Å². The highest BCUT2D eigenvalue weighted by Gasteiger charge is 1.89. The van der Waals surface area contributed by atoms with Gasteiger partial charge in [0.25, 0.3) is 0 Å². The molecule has 0 saturated heterocycles. The maximum atomic E-state index is 9.63. The van der Waals surface area contributed by atoms with Gasteiger partial charge in [0, 0.05) is 0 Å². The van der Waals surface area contributed by atoms with Crippen molar-refractivity contribution in [1.82, 2.24) is 5.32 Å². The van der Waals surface area contributed by atoms with Gasteiger partial charge in [-0.2, -0.15) is 5.10 Å². The van der Waals surface area contributed by atoms with Crippen LogP contribution in [-0.4, -0.2) is 18.1 Å². The number of nitrogens with zero attached hydrogens (tertiary/aromatic N) is 1. The van der Waals surface area contributed by atoms with E-state index in [4.69, 9.17) is 17.4 Å². The minimum atomic E-state index is 0.120. The number of halogens is 1. The number of amidine groups is 1. The van der Waals surface area contributed by atoms with Crippen LogP contribution in [0.2, 0.25) is 0 Å². The fraction of sp³-hybridized carbons (Fsp3) is 0.333. The van der Waals surface area contributed by atoms with Gasteiger partial charge in [0.05, 0.1) is 5.88 Å². The summed E-state index contributed by atoms with van der Waals surface area (Å²) in [5, 5.41) is 5.33. The van der Waals surface area contributed by atoms with E-state index in [1.165, 1.54) is 0 Å². The van der Waals surface area contributed by atoms with Gasteiger partial charge in [-0.05, 0) is 0 Å². The molecule has 0 bridgehead atoms. The summed E-state index contributed by atoms with van der Waals surface area (Å²) in [5.41, 5.74) is 0. The number of hydrogen-bond acceptors (Lipinski definition) is 3. The van der Waals surface area contributed by atoms with Crippen LogP contribution in [0.4, 0.5) is 0 Å². The molecule has 5 heteroatoms. The summed E-state index contributed by atoms with van der Waals surface area (Å²) in [6, 6.07) is 0. The van der Waals surface area contributed by atoms with Crippen LogP contribution in [0, 0.1) is 0 Å². The predicted octanol–water partition coefficient (Wildman–Crippen LogP) is -0.757. The molecular weight excluding hydrogens is 130 g/mol. The van der Waals surface area contributed by atoms with E-state index in [1.807, 2.05) is 0 Å². The number of alkyl halides is 1. The van der Waals surface area contributed by atoms with Crippen molar-refractivity contribution in [3.05, 3.63) is 0 Å². The number of hydrazone groups is 1. The zero-order chi connectivity index (χ0) is 6.41. The molecule has 0 saturated carbocycles. The van der Waals surface area contributed by atoms with Gasteiger partial charge in [0.15, 0.2) is 0 Å². The van der Waals surface area contributed by atoms with Crippen LogP contribution < -0.4 is 11.2 Å². The highest BCUT2D eigenvalue weighted by molar-refractivity contribution is 6.28. The van der Waals surface area contributed by atoms with E-state index < -0.39 is 0 Å². The molecule has 0 spiro atoms. The van der Waals surface area contributed by atoms with Crippen molar-refractivity contribution in [2.24, 2.45) is 10.9 Å². The van der Waals surface area contributed by atoms with Crippen LogP contribution in [0.25, 0.3) is 0 Å². The lowest BCUT2D eigenvalue weighted by Gasteiger charge is -1.92. The number of amides is 1. The predicted molar refractivity (Wildman–Crippen MR) is 31.5 cm³/mol. The molecular formula is C3H6ClN3O. The minimum Gasteiger partial charge on any atom is -0.322 e. The van der Waals surface area contributed by atoms with Gasteiger partial charge in [-0.25, -0.2) is 0 Å². The first-order valence-electron chi connectivity index (χ1n) is 1.88. The number of nitrogens with one attached hydrogen (secondary N) is 1. The maximum Gasteiger partial charge on any atom is 0.212 e. The molecule has 0 unspecified atom stereocenters. The van der Waals surface area contributed by atoms with E-state index >= 15 is 0 Å². The van der Waals surface area contributed by atoms with Crippen LogP contribution in [0.5, 0.6) is 0 Å². The van der Waals surface area contributed by atoms with Gasteiger partial charge < -0.3 is 11.2 Å². The summed E-state index contributed by atoms with van der Waals surface area (Å²) >= 11 is 5.21. The molecule has 0 aliphatic carbocycles. The van der Waals surface area contributed by atoms with Gasteiger partial charge in [-0.15, -0.1) is 11.6 Å². The Balaban J connectivity index is 3.53. The van der Waals surface area contributed by atoms with Crippen LogP contribution >= 0.6 is 11.6 Å². The molecule has 0 atom stereocenters. The first-order valence-corrected chi connectivity index (χ1v) is 2.41. The molecule has 8 heavy (non-hydrogen) atoms. The highest BCUT2D eigenvalue weighted by atomic mass is 35.5. The number of carbonyl (C=O) groups excluding carboxylic acids is 1. The zero-order valence-electron chi connectivity index (χ0n) is 4.10. The molecule has 0 aliphatic rings. The van der Waals surface area contributed by atoms with Gasteiger partial charge in [0.1, 0.15) is 5.84 Å². The number of rotatable bonds is 2. The summed E-state index contributed by atoms with van der Waals surface area (Å²) < 4.78 is 0. The SMILES string of the molecule is NN=C(CCl)NC=O. The molecule has 0 radical (unpaired) electrons. The number of carbonyl (C=O) groups is 1. The summed E-state index contributed by atoms with van der Waals surface area (Å²) in [4.78, 5) is 9.63. The largest absolute Gasteiger partial charge is 0.322 e. The molecule has 1 amide bonds. The number of nitrogens with two attached hydrogens (primary N) is 1. The van der Waals surface area contributed by atoms with Crippen molar-refractivity contribution in [2.75, 3.05) is 5.88 Å². The third-order valence-electron chi connectivity index (χ3n) is 0.508. The topological polar surface area (TPSA) is 67.5 Å². The van der Waals surface area contributed by atoms with Crippen LogP contribution in [0.3, 0.4) is 0 Å². The molecule has 0 rings (SSSR count). The Morgan fingerprint density at radius 3 is 2.75 bits per heavy atom. The van der Waals surface area contributed by atoms with Crippen molar-refractivity contribution in [3.63, 3.8) is 0 Å². The van der Waals surface area contributed by atoms with Crippen molar-refractivity contribution < 1.29 is 4.79 Å². The summed E-state index contributed by atoms with van der Waals surface area (Å²) in [6.07, 6.45) is 0.466. The van der Waals surface area contributed by atoms with Gasteiger partial charge in [-0.3, -0.25) is 4.79 Å². The van der Waals surface area contributed by atoms with Gasteiger partial charge in [0.2, 0.25) is 6.41 Å². The van der Waals surface area contributed by atoms with Crippen LogP contribution in [0.1, 0.15) is 0 Å². The van der Waals surface area contributed by atoms with E-state index in [9.17, 15) is 4.79 Å². The van der Waals surface area contributed by atoms with Crippen molar-refractivity contribution in [3.8, 4) is 0 Å².